The van der Waals surface area contributed by atoms with E-state index in [1.54, 1.807) is 0 Å². The molecule has 2 heterocycles. The minimum Gasteiger partial charge on any atom is -0.366 e. The van der Waals surface area contributed by atoms with Crippen LogP contribution in [0.15, 0.2) is 47.6 Å². The third-order valence-corrected chi connectivity index (χ3v) is 9.44. The number of aliphatic imine (C=N–C) groups is 1. The van der Waals surface area contributed by atoms with Gasteiger partial charge < -0.3 is 9.47 Å². The Morgan fingerprint density at radius 2 is 1.49 bits per heavy atom. The van der Waals surface area contributed by atoms with Gasteiger partial charge in [0.05, 0.1) is 18.3 Å². The van der Waals surface area contributed by atoms with Crippen LogP contribution in [0, 0.1) is 13.8 Å². The van der Waals surface area contributed by atoms with E-state index in [1.807, 2.05) is 17.1 Å². The van der Waals surface area contributed by atoms with Crippen LogP contribution in [-0.4, -0.2) is 51.4 Å². The van der Waals surface area contributed by atoms with Crippen LogP contribution in [0.2, 0.25) is 51.4 Å². The van der Waals surface area contributed by atoms with E-state index in [4.69, 9.17) is 21.1 Å². The number of aromatic nitrogens is 2. The van der Waals surface area contributed by atoms with E-state index in [0.29, 0.717) is 12.8 Å². The smallest absolute Gasteiger partial charge is 0.139 e. The number of benzene rings is 2. The molecule has 0 bridgehead atoms. The van der Waals surface area contributed by atoms with E-state index < -0.39 is 16.1 Å². The summed E-state index contributed by atoms with van der Waals surface area (Å²) >= 11 is 5.32. The molecule has 3 aromatic rings. The Morgan fingerprint density at radius 3 is 2.14 bits per heavy atom. The molecule has 0 saturated heterocycles. The molecule has 0 amide bonds. The summed E-state index contributed by atoms with van der Waals surface area (Å²) in [7, 11) is -1.87. The van der Waals surface area contributed by atoms with Crippen LogP contribution in [0.4, 0.5) is 0 Å². The molecule has 0 spiro atoms. The number of alkyl halides is 1. The van der Waals surface area contributed by atoms with Gasteiger partial charge in [-0.05, 0) is 49.2 Å². The molecule has 0 aliphatic carbocycles. The summed E-state index contributed by atoms with van der Waals surface area (Å²) in [4.78, 5) is 4.17. The van der Waals surface area contributed by atoms with Crippen LogP contribution in [0.25, 0.3) is 10.9 Å². The van der Waals surface area contributed by atoms with Gasteiger partial charge in [-0.1, -0.05) is 86.3 Å². The second kappa shape index (κ2) is 15.0. The van der Waals surface area contributed by atoms with Crippen LogP contribution in [-0.2, 0) is 22.7 Å². The van der Waals surface area contributed by atoms with Crippen LogP contribution < -0.4 is 0 Å². The van der Waals surface area contributed by atoms with Gasteiger partial charge in [-0.15, -0.1) is 0 Å². The van der Waals surface area contributed by atoms with E-state index in [0.717, 1.165) is 25.3 Å². The lowest BCUT2D eigenvalue weighted by Crippen LogP contribution is -2.22. The van der Waals surface area contributed by atoms with E-state index in [9.17, 15) is 0 Å². The zero-order chi connectivity index (χ0) is 27.5. The topological polar surface area (TPSA) is 48.6 Å². The molecule has 0 radical (unpaired) electrons. The van der Waals surface area contributed by atoms with Gasteiger partial charge in [-0.2, -0.15) is 5.10 Å². The van der Waals surface area contributed by atoms with E-state index in [2.05, 4.69) is 99.6 Å². The minimum atomic E-state index is -0.995. The highest BCUT2D eigenvalue weighted by Gasteiger charge is 2.12. The van der Waals surface area contributed by atoms with Gasteiger partial charge in [-0.25, -0.2) is 4.68 Å². The van der Waals surface area contributed by atoms with Gasteiger partial charge in [0.2, 0.25) is 0 Å². The Kier molecular flexibility index (Phi) is 12.7. The fourth-order valence-electron chi connectivity index (χ4n) is 3.49. The molecule has 2 aromatic carbocycles. The lowest BCUT2D eigenvalue weighted by molar-refractivity contribution is 0.0817. The summed E-state index contributed by atoms with van der Waals surface area (Å²) in [6.45, 7) is 21.4. The molecule has 1 aromatic heterocycles. The van der Waals surface area contributed by atoms with Crippen molar-refractivity contribution in [2.45, 2.75) is 78.5 Å². The normalized spacial score (nSPS) is 12.6. The van der Waals surface area contributed by atoms with Gasteiger partial charge in [0.15, 0.2) is 0 Å². The molecule has 8 heteroatoms. The number of halogens is 1. The van der Waals surface area contributed by atoms with Crippen LogP contribution in [0.1, 0.15) is 22.3 Å². The van der Waals surface area contributed by atoms with Crippen molar-refractivity contribution in [3.05, 3.63) is 64.8 Å². The number of aryl methyl sites for hydroxylation is 2. The van der Waals surface area contributed by atoms with Gasteiger partial charge in [-0.3, -0.25) is 4.99 Å². The number of rotatable bonds is 9. The van der Waals surface area contributed by atoms with Crippen molar-refractivity contribution in [3.63, 3.8) is 0 Å². The molecule has 1 aliphatic rings. The van der Waals surface area contributed by atoms with Crippen molar-refractivity contribution < 1.29 is 9.47 Å². The molecule has 0 unspecified atom stereocenters. The summed E-state index contributed by atoms with van der Waals surface area (Å²) < 4.78 is 12.7. The van der Waals surface area contributed by atoms with Gasteiger partial charge in [0.1, 0.15) is 12.8 Å². The number of fused-ring (bicyclic) bond motifs is 2. The third-order valence-electron chi connectivity index (χ3n) is 5.87. The first-order valence-electron chi connectivity index (χ1n) is 13.1. The maximum Gasteiger partial charge on any atom is 0.139 e. The lowest BCUT2D eigenvalue weighted by Gasteiger charge is -2.15. The first-order chi connectivity index (χ1) is 17.4. The van der Waals surface area contributed by atoms with Crippen LogP contribution in [0.3, 0.4) is 0 Å². The summed E-state index contributed by atoms with van der Waals surface area (Å²) in [6, 6.07) is 15.6. The van der Waals surface area contributed by atoms with E-state index >= 15 is 0 Å². The monoisotopic (exact) mass is 559 g/mol. The zero-order valence-electron chi connectivity index (χ0n) is 24.1. The van der Waals surface area contributed by atoms with Crippen molar-refractivity contribution in [3.8, 4) is 0 Å². The van der Waals surface area contributed by atoms with Gasteiger partial charge in [0.25, 0.3) is 0 Å². The van der Waals surface area contributed by atoms with Crippen molar-refractivity contribution in [2.75, 3.05) is 19.3 Å². The number of nitrogens with zero attached hydrogens (tertiary/aromatic N) is 3. The third kappa shape index (κ3) is 12.5. The van der Waals surface area contributed by atoms with Gasteiger partial charge >= 0.3 is 0 Å². The summed E-state index contributed by atoms with van der Waals surface area (Å²) in [5.74, 6) is 0. The number of hydrogen-bond donors (Lipinski definition) is 0. The fraction of sp³-hybridized carbons (Fsp3) is 0.517. The Hall–Kier alpha value is -1.78. The fourth-order valence-corrected chi connectivity index (χ4v) is 5.12. The van der Waals surface area contributed by atoms with Crippen LogP contribution in [0.5, 0.6) is 0 Å². The summed E-state index contributed by atoms with van der Waals surface area (Å²) in [6.07, 6.45) is 3.85. The predicted octanol–water partition coefficient (Wildman–Crippen LogP) is 8.12. The molecule has 5 nitrogen and oxygen atoms in total. The maximum atomic E-state index is 5.73. The maximum absolute atomic E-state index is 5.73. The molecule has 0 saturated carbocycles. The highest BCUT2D eigenvalue weighted by Crippen LogP contribution is 2.16. The Labute approximate surface area is 231 Å². The Morgan fingerprint density at radius 1 is 0.865 bits per heavy atom. The average molecular weight is 560 g/mol. The molecule has 204 valence electrons. The van der Waals surface area contributed by atoms with Crippen molar-refractivity contribution in [1.82, 2.24) is 9.78 Å². The van der Waals surface area contributed by atoms with Crippen molar-refractivity contribution in [1.29, 1.82) is 0 Å². The molecule has 1 aliphatic heterocycles. The largest absolute Gasteiger partial charge is 0.366 e. The Bertz CT molecular complexity index is 1130. The lowest BCUT2D eigenvalue weighted by atomic mass is 10.1. The molecule has 4 rings (SSSR count). The molecular formula is C29H46ClN3O2Si2. The predicted molar refractivity (Wildman–Crippen MR) is 166 cm³/mol. The number of ether oxygens (including phenoxy) is 2. The van der Waals surface area contributed by atoms with E-state index in [1.165, 1.54) is 39.7 Å². The van der Waals surface area contributed by atoms with Gasteiger partial charge in [0, 0.05) is 41.0 Å². The van der Waals surface area contributed by atoms with Crippen molar-refractivity contribution >= 4 is 44.9 Å². The number of hydrogen-bond acceptors (Lipinski definition) is 4. The molecule has 37 heavy (non-hydrogen) atoms. The SMILES string of the molecule is C[Si](C)(C)CCOCCl.Cc1ccc2c(c1)C=NC2.Cc1ccc2c(cnn2COCC[Si](C)(C)C)c1. The standard InChI is InChI=1S/C14H22N2OSi.C9H9N.C6H15ClOSi/c1-12-5-6-14-13(9-12)10-15-16(14)11-17-7-8-18(2,3)4;1-7-2-3-8-5-10-6-9(8)4-7;1-9(2,3)5-4-8-6-7/h5-6,9-10H,7-8,11H2,1-4H3;2-4,6H,5H2,1H3;4-6H2,1-3H3. The zero-order valence-corrected chi connectivity index (χ0v) is 26.9. The highest BCUT2D eigenvalue weighted by molar-refractivity contribution is 6.76. The van der Waals surface area contributed by atoms with E-state index in [-0.39, 0.29) is 0 Å². The first kappa shape index (κ1) is 31.4. The second-order valence-electron chi connectivity index (χ2n) is 12.1. The Balaban J connectivity index is 0.000000214. The second-order valence-corrected chi connectivity index (χ2v) is 23.5. The molecule has 0 fully saturated rings. The minimum absolute atomic E-state index is 0.338. The average Bonchev–Trinajstić information content (AvgIpc) is 3.42. The molecule has 0 N–H and O–H groups in total. The summed E-state index contributed by atoms with van der Waals surface area (Å²) in [5.41, 5.74) is 6.37. The van der Waals surface area contributed by atoms with Crippen molar-refractivity contribution in [2.24, 2.45) is 4.99 Å². The first-order valence-corrected chi connectivity index (χ1v) is 21.1. The summed E-state index contributed by atoms with van der Waals surface area (Å²) in [5, 5.41) is 5.56. The molecular weight excluding hydrogens is 514 g/mol. The highest BCUT2D eigenvalue weighted by atomic mass is 35.5. The molecule has 0 atom stereocenters. The quantitative estimate of drug-likeness (QED) is 0.151. The van der Waals surface area contributed by atoms with Crippen LogP contribution >= 0.6 is 11.6 Å².